The summed E-state index contributed by atoms with van der Waals surface area (Å²) < 4.78 is 0. The van der Waals surface area contributed by atoms with Gasteiger partial charge in [-0.15, -0.1) is 0 Å². The third kappa shape index (κ3) is 3.70. The lowest BCUT2D eigenvalue weighted by Gasteiger charge is -2.09. The van der Waals surface area contributed by atoms with Gasteiger partial charge in [0, 0.05) is 36.5 Å². The van der Waals surface area contributed by atoms with Crippen molar-refractivity contribution in [3.63, 3.8) is 0 Å². The maximum atomic E-state index is 11.7. The normalized spacial score (nSPS) is 11.5. The maximum Gasteiger partial charge on any atom is 0.269 e. The molecule has 19 heavy (non-hydrogen) atoms. The number of hydrogen-bond acceptors (Lipinski definition) is 5. The molecular weight excluding hydrogens is 252 g/mol. The molecule has 7 heteroatoms. The van der Waals surface area contributed by atoms with Crippen molar-refractivity contribution in [1.29, 1.82) is 0 Å². The third-order valence-electron chi connectivity index (χ3n) is 2.48. The number of ketones is 1. The van der Waals surface area contributed by atoms with Gasteiger partial charge in [0.2, 0.25) is 5.54 Å². The van der Waals surface area contributed by atoms with Crippen LogP contribution < -0.4 is 0 Å². The molecule has 0 saturated carbocycles. The molecule has 1 rings (SSSR count). The molecule has 1 aromatic rings. The first-order chi connectivity index (χ1) is 8.74. The zero-order valence-electron chi connectivity index (χ0n) is 10.4. The van der Waals surface area contributed by atoms with Crippen molar-refractivity contribution in [1.82, 2.24) is 0 Å². The molecule has 0 aliphatic heterocycles. The summed E-state index contributed by atoms with van der Waals surface area (Å²) in [6.07, 6.45) is 2.29. The van der Waals surface area contributed by atoms with Crippen LogP contribution in [0.15, 0.2) is 36.4 Å². The highest BCUT2D eigenvalue weighted by atomic mass is 16.6. The average molecular weight is 264 g/mol. The fourth-order valence-electron chi connectivity index (χ4n) is 1.18. The van der Waals surface area contributed by atoms with Crippen LogP contribution in [-0.2, 0) is 0 Å². The number of carbonyl (C=O) groups is 1. The van der Waals surface area contributed by atoms with Gasteiger partial charge in [0.1, 0.15) is 0 Å². The highest BCUT2D eigenvalue weighted by Crippen LogP contribution is 2.14. The molecule has 0 atom stereocenters. The minimum absolute atomic E-state index is 0.119. The van der Waals surface area contributed by atoms with Gasteiger partial charge >= 0.3 is 0 Å². The van der Waals surface area contributed by atoms with Crippen molar-refractivity contribution in [2.24, 2.45) is 0 Å². The van der Waals surface area contributed by atoms with Crippen molar-refractivity contribution in [2.75, 3.05) is 0 Å². The monoisotopic (exact) mass is 264 g/mol. The predicted octanol–water partition coefficient (Wildman–Crippen LogP) is 2.39. The highest BCUT2D eigenvalue weighted by Gasteiger charge is 2.26. The fraction of sp³-hybridized carbons (Fsp3) is 0.250. The van der Waals surface area contributed by atoms with Crippen molar-refractivity contribution in [3.8, 4) is 0 Å². The largest absolute Gasteiger partial charge is 0.289 e. The molecule has 0 heterocycles. The number of nitro benzene ring substituents is 1. The van der Waals surface area contributed by atoms with Gasteiger partial charge in [0.25, 0.3) is 5.69 Å². The van der Waals surface area contributed by atoms with E-state index in [1.807, 2.05) is 0 Å². The summed E-state index contributed by atoms with van der Waals surface area (Å²) in [5, 5.41) is 21.1. The second-order valence-electron chi connectivity index (χ2n) is 4.41. The maximum absolute atomic E-state index is 11.7. The minimum atomic E-state index is -1.34. The summed E-state index contributed by atoms with van der Waals surface area (Å²) in [5.41, 5.74) is -1.22. The molecular formula is C12H12N2O5. The van der Waals surface area contributed by atoms with Crippen LogP contribution in [0, 0.1) is 20.2 Å². The fourth-order valence-corrected chi connectivity index (χ4v) is 1.18. The van der Waals surface area contributed by atoms with Gasteiger partial charge in [-0.05, 0) is 24.3 Å². The summed E-state index contributed by atoms with van der Waals surface area (Å²) in [7, 11) is 0. The first-order valence-electron chi connectivity index (χ1n) is 5.36. The smallest absolute Gasteiger partial charge is 0.269 e. The van der Waals surface area contributed by atoms with E-state index in [4.69, 9.17) is 0 Å². The number of carbonyl (C=O) groups excluding carboxylic acids is 1. The topological polar surface area (TPSA) is 103 Å². The van der Waals surface area contributed by atoms with Gasteiger partial charge in [-0.3, -0.25) is 25.0 Å². The molecule has 0 radical (unpaired) electrons. The second-order valence-corrected chi connectivity index (χ2v) is 4.41. The SMILES string of the molecule is CC(C)(/C=C/C(=O)c1ccc([N+](=O)[O-])cc1)[N+](=O)[O-]. The first-order valence-corrected chi connectivity index (χ1v) is 5.36. The van der Waals surface area contributed by atoms with Crippen LogP contribution in [0.1, 0.15) is 24.2 Å². The standard InChI is InChI=1S/C12H12N2O5/c1-12(2,14(18)19)8-7-11(15)9-3-5-10(6-4-9)13(16)17/h3-8H,1-2H3/b8-7+. The lowest BCUT2D eigenvalue weighted by molar-refractivity contribution is -0.545. The molecule has 0 spiro atoms. The lowest BCUT2D eigenvalue weighted by atomic mass is 10.0. The van der Waals surface area contributed by atoms with Crippen LogP contribution in [0.4, 0.5) is 5.69 Å². The van der Waals surface area contributed by atoms with E-state index in [1.54, 1.807) is 0 Å². The van der Waals surface area contributed by atoms with Gasteiger partial charge in [0.05, 0.1) is 4.92 Å². The average Bonchev–Trinajstić information content (AvgIpc) is 2.36. The number of non-ortho nitro benzene ring substituents is 1. The Morgan fingerprint density at radius 2 is 1.68 bits per heavy atom. The molecule has 100 valence electrons. The van der Waals surface area contributed by atoms with Crippen LogP contribution in [0.5, 0.6) is 0 Å². The molecule has 0 N–H and O–H groups in total. The van der Waals surface area contributed by atoms with Crippen molar-refractivity contribution in [2.45, 2.75) is 19.4 Å². The van der Waals surface area contributed by atoms with Crippen LogP contribution in [0.25, 0.3) is 0 Å². The van der Waals surface area contributed by atoms with Crippen LogP contribution in [0.2, 0.25) is 0 Å². The molecule has 0 fully saturated rings. The number of rotatable bonds is 5. The quantitative estimate of drug-likeness (QED) is 0.351. The Kier molecular flexibility index (Phi) is 4.11. The first kappa shape index (κ1) is 14.5. The van der Waals surface area contributed by atoms with E-state index < -0.39 is 21.2 Å². The summed E-state index contributed by atoms with van der Waals surface area (Å²) in [6, 6.07) is 5.04. The van der Waals surface area contributed by atoms with Gasteiger partial charge in [0.15, 0.2) is 5.78 Å². The van der Waals surface area contributed by atoms with Crippen molar-refractivity contribution in [3.05, 3.63) is 62.2 Å². The zero-order valence-corrected chi connectivity index (χ0v) is 10.4. The van der Waals surface area contributed by atoms with Crippen molar-refractivity contribution < 1.29 is 14.6 Å². The summed E-state index contributed by atoms with van der Waals surface area (Å²) in [4.78, 5) is 31.7. The number of hydrogen-bond donors (Lipinski definition) is 0. The molecule has 0 aliphatic carbocycles. The van der Waals surface area contributed by atoms with E-state index in [-0.39, 0.29) is 11.3 Å². The minimum Gasteiger partial charge on any atom is -0.289 e. The Labute approximate surface area is 108 Å². The Morgan fingerprint density at radius 1 is 1.16 bits per heavy atom. The molecule has 0 bridgehead atoms. The van der Waals surface area contributed by atoms with E-state index >= 15 is 0 Å². The molecule has 1 aromatic carbocycles. The number of allylic oxidation sites excluding steroid dienone is 1. The molecule has 7 nitrogen and oxygen atoms in total. The second kappa shape index (κ2) is 5.38. The van der Waals surface area contributed by atoms with Crippen LogP contribution >= 0.6 is 0 Å². The van der Waals surface area contributed by atoms with E-state index in [1.165, 1.54) is 44.2 Å². The van der Waals surface area contributed by atoms with E-state index in [0.717, 1.165) is 6.08 Å². The molecule has 0 amide bonds. The Bertz CT molecular complexity index is 546. The lowest BCUT2D eigenvalue weighted by Crippen LogP contribution is -2.28. The van der Waals surface area contributed by atoms with Gasteiger partial charge in [-0.2, -0.15) is 0 Å². The Morgan fingerprint density at radius 3 is 2.11 bits per heavy atom. The molecule has 0 saturated heterocycles. The van der Waals surface area contributed by atoms with Crippen molar-refractivity contribution >= 4 is 11.5 Å². The molecule has 0 unspecified atom stereocenters. The number of nitrogens with zero attached hydrogens (tertiary/aromatic N) is 2. The van der Waals surface area contributed by atoms with Gasteiger partial charge < -0.3 is 0 Å². The highest BCUT2D eigenvalue weighted by molar-refractivity contribution is 6.04. The third-order valence-corrected chi connectivity index (χ3v) is 2.48. The van der Waals surface area contributed by atoms with E-state index in [9.17, 15) is 25.0 Å². The summed E-state index contributed by atoms with van der Waals surface area (Å²) >= 11 is 0. The zero-order chi connectivity index (χ0) is 14.6. The summed E-state index contributed by atoms with van der Waals surface area (Å²) in [5.74, 6) is -0.440. The van der Waals surface area contributed by atoms with Crippen LogP contribution in [0.3, 0.4) is 0 Å². The predicted molar refractivity (Wildman–Crippen MR) is 67.6 cm³/mol. The Hall–Kier alpha value is -2.57. The summed E-state index contributed by atoms with van der Waals surface area (Å²) in [6.45, 7) is 2.74. The molecule has 0 aromatic heterocycles. The number of nitro groups is 2. The van der Waals surface area contributed by atoms with E-state index in [0.29, 0.717) is 0 Å². The van der Waals surface area contributed by atoms with Gasteiger partial charge in [-0.1, -0.05) is 0 Å². The van der Waals surface area contributed by atoms with Gasteiger partial charge in [-0.25, -0.2) is 0 Å². The molecule has 0 aliphatic rings. The Balaban J connectivity index is 2.87. The van der Waals surface area contributed by atoms with E-state index in [2.05, 4.69) is 0 Å². The number of benzene rings is 1. The van der Waals surface area contributed by atoms with Crippen LogP contribution in [-0.4, -0.2) is 21.2 Å².